The topological polar surface area (TPSA) is 4.44 Å². The van der Waals surface area contributed by atoms with E-state index in [0.717, 1.165) is 0 Å². The van der Waals surface area contributed by atoms with Crippen LogP contribution in [0.2, 0.25) is 0 Å². The van der Waals surface area contributed by atoms with Crippen LogP contribution in [0.5, 0.6) is 0 Å². The predicted octanol–water partition coefficient (Wildman–Crippen LogP) is 7.25. The van der Waals surface area contributed by atoms with Gasteiger partial charge >= 0.3 is 33.0 Å². The maximum absolute atomic E-state index is 10.7. The first-order chi connectivity index (χ1) is 11.9. The Hall–Kier alpha value is -2.37. The Labute approximate surface area is 146 Å². The van der Waals surface area contributed by atoms with Crippen LogP contribution >= 0.6 is 7.81 Å². The van der Waals surface area contributed by atoms with E-state index in [1.54, 1.807) is 0 Å². The fourth-order valence-corrected chi connectivity index (χ4v) is 2.31. The van der Waals surface area contributed by atoms with Crippen molar-refractivity contribution in [3.63, 3.8) is 0 Å². The molecule has 0 spiro atoms. The van der Waals surface area contributed by atoms with Crippen molar-refractivity contribution < 1.29 is 30.1 Å². The van der Waals surface area contributed by atoms with Gasteiger partial charge in [0.2, 0.25) is 0 Å². The molecule has 1 nitrogen and oxygen atoms in total. The molecule has 26 heavy (non-hydrogen) atoms. The first-order valence-electron chi connectivity index (χ1n) is 7.50. The molecule has 0 amide bonds. The normalized spacial score (nSPS) is 14.0. The number of quaternary nitrogens is 1. The average Bonchev–Trinajstić information content (AvgIpc) is 2.55. The third-order valence-electron chi connectivity index (χ3n) is 3.19. The molecule has 0 bridgehead atoms. The number of para-hydroxylation sites is 3. The summed E-state index contributed by atoms with van der Waals surface area (Å²) in [6.07, 6.45) is 0. The quantitative estimate of drug-likeness (QED) is 0.354. The van der Waals surface area contributed by atoms with E-state index in [1.165, 1.54) is 22.0 Å². The van der Waals surface area contributed by atoms with Gasteiger partial charge in [0.25, 0.3) is 0 Å². The Morgan fingerprint density at radius 1 is 0.423 bits per heavy atom. The zero-order valence-electron chi connectivity index (χ0n) is 13.4. The minimum Gasteiger partial charge on any atom is -0.238 e. The molecule has 140 valence electrons. The Balaban J connectivity index is 0.000000298. The summed E-state index contributed by atoms with van der Waals surface area (Å²) < 4.78 is 59.2. The predicted molar refractivity (Wildman–Crippen MR) is 92.8 cm³/mol. The molecule has 0 aliphatic carbocycles. The van der Waals surface area contributed by atoms with Crippen LogP contribution in [-0.4, -0.2) is 0 Å². The molecule has 3 rings (SSSR count). The number of halogens is 6. The molecular weight excluding hydrogens is 375 g/mol. The van der Waals surface area contributed by atoms with Crippen molar-refractivity contribution in [3.8, 4) is 0 Å². The number of hydrogen-bond donors (Lipinski definition) is 1. The maximum Gasteiger partial charge on any atom is 0.141 e. The Kier molecular flexibility index (Phi) is 5.17. The first-order valence-corrected chi connectivity index (χ1v) is 9.52. The van der Waals surface area contributed by atoms with Crippen molar-refractivity contribution in [2.75, 3.05) is 0 Å². The largest absolute Gasteiger partial charge is 0.238 e. The van der Waals surface area contributed by atoms with E-state index in [1.807, 2.05) is 0 Å². The molecule has 8 heteroatoms. The molecule has 3 aromatic carbocycles. The van der Waals surface area contributed by atoms with Gasteiger partial charge in [-0.25, -0.2) is 4.90 Å². The second-order valence-corrected chi connectivity index (χ2v) is 7.35. The van der Waals surface area contributed by atoms with E-state index in [0.29, 0.717) is 0 Å². The molecule has 0 aliphatic heterocycles. The molecule has 0 saturated carbocycles. The van der Waals surface area contributed by atoms with Crippen molar-refractivity contribution in [3.05, 3.63) is 91.0 Å². The molecule has 0 radical (unpaired) electrons. The smallest absolute Gasteiger partial charge is 0.141 e. The summed E-state index contributed by atoms with van der Waals surface area (Å²) in [6.45, 7) is 0. The molecule has 0 atom stereocenters. The minimum atomic E-state index is -10.7. The minimum absolute atomic E-state index is 1.25. The summed E-state index contributed by atoms with van der Waals surface area (Å²) in [4.78, 5) is 1.28. The summed E-state index contributed by atoms with van der Waals surface area (Å²) in [7, 11) is -10.7. The molecule has 0 unspecified atom stereocenters. The van der Waals surface area contributed by atoms with Crippen LogP contribution in [0.25, 0.3) is 0 Å². The van der Waals surface area contributed by atoms with Crippen molar-refractivity contribution in [2.45, 2.75) is 0 Å². The van der Waals surface area contributed by atoms with E-state index in [4.69, 9.17) is 0 Å². The number of hydrogen-bond acceptors (Lipinski definition) is 0. The molecule has 3 aromatic rings. The van der Waals surface area contributed by atoms with E-state index in [2.05, 4.69) is 91.0 Å². The molecule has 1 N–H and O–H groups in total. The molecule has 0 saturated heterocycles. The van der Waals surface area contributed by atoms with Gasteiger partial charge in [-0.3, -0.25) is 0 Å². The molecular formula is C18H16F6NP. The van der Waals surface area contributed by atoms with Crippen LogP contribution in [0.1, 0.15) is 0 Å². The van der Waals surface area contributed by atoms with E-state index in [-0.39, 0.29) is 0 Å². The zero-order chi connectivity index (χ0) is 19.3. The zero-order valence-corrected chi connectivity index (χ0v) is 14.3. The molecule has 0 fully saturated rings. The fraction of sp³-hybridized carbons (Fsp3) is 0. The van der Waals surface area contributed by atoms with E-state index < -0.39 is 7.81 Å². The fourth-order valence-electron chi connectivity index (χ4n) is 2.31. The van der Waals surface area contributed by atoms with Crippen LogP contribution in [0, 0.1) is 0 Å². The average molecular weight is 391 g/mol. The van der Waals surface area contributed by atoms with Crippen molar-refractivity contribution in [1.82, 2.24) is 0 Å². The first kappa shape index (κ1) is 19.9. The van der Waals surface area contributed by atoms with E-state index in [9.17, 15) is 25.2 Å². The van der Waals surface area contributed by atoms with Gasteiger partial charge in [0.05, 0.1) is 0 Å². The second-order valence-electron chi connectivity index (χ2n) is 5.43. The van der Waals surface area contributed by atoms with Gasteiger partial charge in [0.15, 0.2) is 0 Å². The summed E-state index contributed by atoms with van der Waals surface area (Å²) in [6, 6.07) is 31.6. The third-order valence-corrected chi connectivity index (χ3v) is 3.19. The second kappa shape index (κ2) is 6.74. The molecule has 0 aliphatic rings. The van der Waals surface area contributed by atoms with Crippen LogP contribution in [0.4, 0.5) is 42.2 Å². The van der Waals surface area contributed by atoms with Gasteiger partial charge in [0.1, 0.15) is 17.1 Å². The van der Waals surface area contributed by atoms with Crippen LogP contribution in [0.15, 0.2) is 91.0 Å². The van der Waals surface area contributed by atoms with Gasteiger partial charge in [-0.05, 0) is 36.4 Å². The van der Waals surface area contributed by atoms with Gasteiger partial charge in [0, 0.05) is 0 Å². The summed E-state index contributed by atoms with van der Waals surface area (Å²) in [5, 5.41) is 0. The number of rotatable bonds is 3. The SMILES string of the molecule is F[P-](F)(F)(F)(F)F.c1ccc([NH+](c2ccccc2)c2ccccc2)cc1. The van der Waals surface area contributed by atoms with Crippen molar-refractivity contribution in [1.29, 1.82) is 0 Å². The van der Waals surface area contributed by atoms with Crippen LogP contribution in [0.3, 0.4) is 0 Å². The van der Waals surface area contributed by atoms with Gasteiger partial charge < -0.3 is 0 Å². The molecule has 0 aromatic heterocycles. The Morgan fingerprint density at radius 2 is 0.615 bits per heavy atom. The van der Waals surface area contributed by atoms with Gasteiger partial charge in [-0.15, -0.1) is 0 Å². The van der Waals surface area contributed by atoms with E-state index >= 15 is 0 Å². The summed E-state index contributed by atoms with van der Waals surface area (Å²) >= 11 is 0. The van der Waals surface area contributed by atoms with Crippen molar-refractivity contribution >= 4 is 24.9 Å². The maximum atomic E-state index is 9.87. The third kappa shape index (κ3) is 8.14. The van der Waals surface area contributed by atoms with Gasteiger partial charge in [-0.1, -0.05) is 54.6 Å². The number of nitrogens with one attached hydrogen (secondary N) is 1. The summed E-state index contributed by atoms with van der Waals surface area (Å²) in [5.74, 6) is 0. The molecule has 0 heterocycles. The van der Waals surface area contributed by atoms with Crippen LogP contribution in [-0.2, 0) is 0 Å². The number of benzene rings is 3. The van der Waals surface area contributed by atoms with Gasteiger partial charge in [-0.2, -0.15) is 0 Å². The van der Waals surface area contributed by atoms with Crippen LogP contribution < -0.4 is 4.90 Å². The Bertz CT molecular complexity index is 716. The monoisotopic (exact) mass is 391 g/mol. The summed E-state index contributed by atoms with van der Waals surface area (Å²) in [5.41, 5.74) is 3.75. The Morgan fingerprint density at radius 3 is 0.808 bits per heavy atom. The standard InChI is InChI=1S/C18H15N.F6P/c1-4-10-16(11-5-1)19(17-12-6-2-7-13-17)18-14-8-3-9-15-18;1-7(2,3,4,5)6/h1-15H;/q;-1/p+1. The van der Waals surface area contributed by atoms with Crippen molar-refractivity contribution in [2.24, 2.45) is 0 Å².